The van der Waals surface area contributed by atoms with Gasteiger partial charge in [-0.25, -0.2) is 4.39 Å². The molecule has 8 rings (SSSR count). The third-order valence-corrected chi connectivity index (χ3v) is 10.8. The van der Waals surface area contributed by atoms with Gasteiger partial charge in [-0.1, -0.05) is 18.2 Å². The lowest BCUT2D eigenvalue weighted by atomic mass is 9.67. The van der Waals surface area contributed by atoms with Crippen LogP contribution in [0.2, 0.25) is 0 Å². The van der Waals surface area contributed by atoms with Gasteiger partial charge in [0.25, 0.3) is 0 Å². The molecule has 4 saturated heterocycles. The second-order valence-electron chi connectivity index (χ2n) is 13.5. The molecule has 1 aromatic carbocycles. The lowest BCUT2D eigenvalue weighted by Crippen LogP contribution is -2.52. The van der Waals surface area contributed by atoms with Crippen molar-refractivity contribution in [3.8, 4) is 6.01 Å². The van der Waals surface area contributed by atoms with E-state index in [1.807, 2.05) is 0 Å². The van der Waals surface area contributed by atoms with E-state index in [1.165, 1.54) is 35.3 Å². The topological polar surface area (TPSA) is 56.8 Å². The molecule has 5 atom stereocenters. The largest absolute Gasteiger partial charge is 0.461 e. The quantitative estimate of drug-likeness (QED) is 0.647. The number of aromatic nitrogens is 2. The molecule has 208 valence electrons. The van der Waals surface area contributed by atoms with Gasteiger partial charge in [0.05, 0.1) is 11.2 Å². The van der Waals surface area contributed by atoms with Gasteiger partial charge in [0, 0.05) is 63.0 Å². The number of hydrogen-bond acceptors (Lipinski definition) is 7. The number of nitrogens with one attached hydrogen (secondary N) is 1. The van der Waals surface area contributed by atoms with Gasteiger partial charge in [-0.05, 0) is 75.0 Å². The van der Waals surface area contributed by atoms with Crippen LogP contribution < -0.4 is 19.9 Å². The molecular formula is C31H41FN6O. The Morgan fingerprint density at radius 3 is 2.79 bits per heavy atom. The average Bonchev–Trinajstić information content (AvgIpc) is 3.57. The van der Waals surface area contributed by atoms with Crippen molar-refractivity contribution in [3.63, 3.8) is 0 Å². The van der Waals surface area contributed by atoms with Crippen molar-refractivity contribution in [2.75, 3.05) is 56.2 Å². The van der Waals surface area contributed by atoms with Gasteiger partial charge < -0.3 is 19.9 Å². The van der Waals surface area contributed by atoms with Crippen molar-refractivity contribution in [1.82, 2.24) is 20.2 Å². The molecular weight excluding hydrogens is 491 g/mol. The molecule has 0 radical (unpaired) electrons. The zero-order valence-electron chi connectivity index (χ0n) is 23.2. The minimum Gasteiger partial charge on any atom is -0.461 e. The van der Waals surface area contributed by atoms with Crippen molar-refractivity contribution in [3.05, 3.63) is 41.1 Å². The van der Waals surface area contributed by atoms with Crippen LogP contribution in [0, 0.1) is 5.41 Å². The molecule has 6 heterocycles. The van der Waals surface area contributed by atoms with E-state index in [9.17, 15) is 4.39 Å². The molecule has 5 aliphatic heterocycles. The zero-order chi connectivity index (χ0) is 26.2. The Morgan fingerprint density at radius 1 is 1.08 bits per heavy atom. The third-order valence-electron chi connectivity index (χ3n) is 10.8. The van der Waals surface area contributed by atoms with E-state index in [2.05, 4.69) is 51.3 Å². The number of hydrogen-bond donors (Lipinski definition) is 1. The molecule has 4 fully saturated rings. The number of halogens is 1. The monoisotopic (exact) mass is 532 g/mol. The number of nitrogens with zero attached hydrogens (tertiary/aromatic N) is 5. The van der Waals surface area contributed by atoms with Gasteiger partial charge in [0.2, 0.25) is 0 Å². The molecule has 2 aromatic rings. The minimum atomic E-state index is -0.753. The van der Waals surface area contributed by atoms with Gasteiger partial charge in [-0.2, -0.15) is 9.97 Å². The second-order valence-corrected chi connectivity index (χ2v) is 13.5. The summed E-state index contributed by atoms with van der Waals surface area (Å²) in [4.78, 5) is 17.5. The van der Waals surface area contributed by atoms with Crippen LogP contribution in [-0.2, 0) is 19.3 Å². The molecule has 39 heavy (non-hydrogen) atoms. The number of fused-ring (bicyclic) bond motifs is 5. The summed E-state index contributed by atoms with van der Waals surface area (Å²) in [6, 6.07) is 10.5. The van der Waals surface area contributed by atoms with Crippen LogP contribution in [0.25, 0.3) is 0 Å². The Balaban J connectivity index is 1.12. The molecule has 6 aliphatic rings. The lowest BCUT2D eigenvalue weighted by molar-refractivity contribution is 0.106. The SMILES string of the molecule is CN1C[C@]2(CCc3c(nc(OC[C@@]45CCCN4C[C@H](F)C5)nc3N3C[C@H]4CC[C@@H](C3)N4)C2)Cc2ccccc21. The predicted molar refractivity (Wildman–Crippen MR) is 151 cm³/mol. The Hall–Kier alpha value is -2.45. The van der Waals surface area contributed by atoms with E-state index < -0.39 is 6.17 Å². The molecule has 0 amide bonds. The third kappa shape index (κ3) is 4.12. The van der Waals surface area contributed by atoms with Crippen LogP contribution in [-0.4, -0.2) is 85.0 Å². The van der Waals surface area contributed by atoms with Gasteiger partial charge in [-0.3, -0.25) is 4.90 Å². The van der Waals surface area contributed by atoms with Gasteiger partial charge in [0.1, 0.15) is 18.6 Å². The molecule has 1 N–H and O–H groups in total. The highest BCUT2D eigenvalue weighted by Crippen LogP contribution is 2.46. The van der Waals surface area contributed by atoms with Gasteiger partial charge in [-0.15, -0.1) is 0 Å². The maximum absolute atomic E-state index is 14.4. The fourth-order valence-electron chi connectivity index (χ4n) is 9.04. The number of benzene rings is 1. The number of rotatable bonds is 4. The number of para-hydroxylation sites is 1. The standard InChI is InChI=1S/C31H41FN6O/c1-36-19-30(13-21-5-2-3-6-27(21)36)11-9-25-26(15-30)34-29(35-28(25)37-17-23-7-8-24(18-37)33-23)39-20-31-10-4-12-38(31)16-22(32)14-31/h2-3,5-6,22-24,33H,4,7-20H2,1H3/t22-,23-,24+,30-,31+/m1/s1. The predicted octanol–water partition coefficient (Wildman–Crippen LogP) is 3.54. The summed E-state index contributed by atoms with van der Waals surface area (Å²) >= 11 is 0. The van der Waals surface area contributed by atoms with Gasteiger partial charge in [0.15, 0.2) is 0 Å². The average molecular weight is 533 g/mol. The number of alkyl halides is 1. The van der Waals surface area contributed by atoms with Crippen molar-refractivity contribution in [2.45, 2.75) is 81.6 Å². The zero-order valence-corrected chi connectivity index (χ0v) is 23.2. The summed E-state index contributed by atoms with van der Waals surface area (Å²) in [5.74, 6) is 1.10. The number of piperazine rings is 1. The number of anilines is 2. The second kappa shape index (κ2) is 9.03. The van der Waals surface area contributed by atoms with Crippen LogP contribution in [0.15, 0.2) is 24.3 Å². The van der Waals surface area contributed by atoms with Crippen molar-refractivity contribution < 1.29 is 9.13 Å². The van der Waals surface area contributed by atoms with E-state index in [-0.39, 0.29) is 11.0 Å². The van der Waals surface area contributed by atoms with E-state index in [0.717, 1.165) is 70.5 Å². The molecule has 2 bridgehead atoms. The van der Waals surface area contributed by atoms with Crippen LogP contribution in [0.4, 0.5) is 15.9 Å². The first-order valence-electron chi connectivity index (χ1n) is 15.2. The summed E-state index contributed by atoms with van der Waals surface area (Å²) in [6.07, 6.45) is 8.65. The lowest BCUT2D eigenvalue weighted by Gasteiger charge is -2.46. The molecule has 7 nitrogen and oxygen atoms in total. The first-order chi connectivity index (χ1) is 19.0. The fourth-order valence-corrected chi connectivity index (χ4v) is 9.04. The van der Waals surface area contributed by atoms with Crippen molar-refractivity contribution >= 4 is 11.5 Å². The minimum absolute atomic E-state index is 0.176. The van der Waals surface area contributed by atoms with E-state index in [0.29, 0.717) is 37.7 Å². The summed E-state index contributed by atoms with van der Waals surface area (Å²) in [6.45, 7) is 5.05. The highest BCUT2D eigenvalue weighted by Gasteiger charge is 2.50. The highest BCUT2D eigenvalue weighted by molar-refractivity contribution is 5.57. The highest BCUT2D eigenvalue weighted by atomic mass is 19.1. The fraction of sp³-hybridized carbons (Fsp3) is 0.677. The smallest absolute Gasteiger partial charge is 0.318 e. The molecule has 1 aliphatic carbocycles. The first-order valence-corrected chi connectivity index (χ1v) is 15.2. The summed E-state index contributed by atoms with van der Waals surface area (Å²) in [5, 5.41) is 3.77. The molecule has 0 unspecified atom stereocenters. The first kappa shape index (κ1) is 24.4. The van der Waals surface area contributed by atoms with Crippen LogP contribution >= 0.6 is 0 Å². The Bertz CT molecular complexity index is 1260. The van der Waals surface area contributed by atoms with Crippen molar-refractivity contribution in [1.29, 1.82) is 0 Å². The number of ether oxygens (including phenoxy) is 1. The van der Waals surface area contributed by atoms with Gasteiger partial charge >= 0.3 is 6.01 Å². The summed E-state index contributed by atoms with van der Waals surface area (Å²) < 4.78 is 20.9. The van der Waals surface area contributed by atoms with E-state index in [4.69, 9.17) is 14.7 Å². The van der Waals surface area contributed by atoms with Crippen LogP contribution in [0.1, 0.15) is 55.3 Å². The van der Waals surface area contributed by atoms with Crippen molar-refractivity contribution in [2.24, 2.45) is 5.41 Å². The summed E-state index contributed by atoms with van der Waals surface area (Å²) in [7, 11) is 2.23. The molecule has 8 heteroatoms. The maximum Gasteiger partial charge on any atom is 0.318 e. The Labute approximate surface area is 231 Å². The Kier molecular flexibility index (Phi) is 5.64. The van der Waals surface area contributed by atoms with E-state index >= 15 is 0 Å². The van der Waals surface area contributed by atoms with Crippen LogP contribution in [0.5, 0.6) is 6.01 Å². The molecule has 1 aromatic heterocycles. The molecule has 0 saturated carbocycles. The molecule has 1 spiro atoms. The summed E-state index contributed by atoms with van der Waals surface area (Å²) in [5.41, 5.74) is 5.30. The van der Waals surface area contributed by atoms with Crippen LogP contribution in [0.3, 0.4) is 0 Å². The maximum atomic E-state index is 14.4. The normalized spacial score (nSPS) is 35.3. The van der Waals surface area contributed by atoms with E-state index in [1.54, 1.807) is 0 Å². The Morgan fingerprint density at radius 2 is 1.92 bits per heavy atom.